The number of aromatic nitrogens is 1. The number of anilines is 1. The lowest BCUT2D eigenvalue weighted by Gasteiger charge is -2.32. The molecular weight excluding hydrogens is 537 g/mol. The molecule has 0 aliphatic carbocycles. The summed E-state index contributed by atoms with van der Waals surface area (Å²) >= 11 is 1.63. The van der Waals surface area contributed by atoms with E-state index in [0.29, 0.717) is 19.6 Å². The Kier molecular flexibility index (Phi) is 10.9. The summed E-state index contributed by atoms with van der Waals surface area (Å²) in [5.41, 5.74) is 4.71. The van der Waals surface area contributed by atoms with Crippen molar-refractivity contribution in [1.29, 1.82) is 0 Å². The average molecular weight is 574 g/mol. The lowest BCUT2D eigenvalue weighted by Crippen LogP contribution is -2.48. The van der Waals surface area contributed by atoms with Gasteiger partial charge in [-0.2, -0.15) is 0 Å². The van der Waals surface area contributed by atoms with Crippen LogP contribution in [0.3, 0.4) is 0 Å². The number of carbonyl (C=O) groups is 2. The van der Waals surface area contributed by atoms with Gasteiger partial charge in [0.05, 0.1) is 13.1 Å². The summed E-state index contributed by atoms with van der Waals surface area (Å²) in [7, 11) is 1.73. The Labute approximate surface area is 240 Å². The molecule has 3 aromatic rings. The smallest absolute Gasteiger partial charge is 0.256 e. The fourth-order valence-electron chi connectivity index (χ4n) is 4.67. The second-order valence-corrected chi connectivity index (χ2v) is 11.1. The van der Waals surface area contributed by atoms with E-state index in [2.05, 4.69) is 23.3 Å². The maximum atomic E-state index is 13.7. The SMILES string of the molecule is CCCCCNC(=O)CN(CC(=O)N(C)N1Cc2ccc(F)cc2C1)c1ccc(-c2ncc(C)s2)cc1C.Cl. The molecule has 1 aliphatic heterocycles. The van der Waals surface area contributed by atoms with Gasteiger partial charge >= 0.3 is 0 Å². The maximum absolute atomic E-state index is 13.7. The lowest BCUT2D eigenvalue weighted by molar-refractivity contribution is -0.145. The number of halogens is 2. The summed E-state index contributed by atoms with van der Waals surface area (Å²) in [4.78, 5) is 33.8. The Morgan fingerprint density at radius 2 is 1.85 bits per heavy atom. The van der Waals surface area contributed by atoms with Gasteiger partial charge in [-0.05, 0) is 67.3 Å². The number of hydrogen-bond acceptors (Lipinski definition) is 6. The van der Waals surface area contributed by atoms with Crippen LogP contribution < -0.4 is 10.2 Å². The number of amides is 2. The third kappa shape index (κ3) is 7.77. The van der Waals surface area contributed by atoms with E-state index in [9.17, 15) is 14.0 Å². The van der Waals surface area contributed by atoms with Gasteiger partial charge in [-0.25, -0.2) is 14.4 Å². The van der Waals surface area contributed by atoms with Gasteiger partial charge in [0.1, 0.15) is 10.8 Å². The zero-order chi connectivity index (χ0) is 27.2. The quantitative estimate of drug-likeness (QED) is 0.307. The van der Waals surface area contributed by atoms with Crippen molar-refractivity contribution in [3.05, 3.63) is 70.0 Å². The highest BCUT2D eigenvalue weighted by molar-refractivity contribution is 7.14. The predicted molar refractivity (Wildman–Crippen MR) is 157 cm³/mol. The number of nitrogens with zero attached hydrogens (tertiary/aromatic N) is 4. The highest BCUT2D eigenvalue weighted by Gasteiger charge is 2.27. The van der Waals surface area contributed by atoms with Crippen LogP contribution in [0.25, 0.3) is 10.6 Å². The van der Waals surface area contributed by atoms with Crippen molar-refractivity contribution in [2.75, 3.05) is 31.6 Å². The van der Waals surface area contributed by atoms with Gasteiger partial charge in [-0.1, -0.05) is 25.8 Å². The number of hydrogen-bond donors (Lipinski definition) is 1. The number of rotatable bonds is 11. The van der Waals surface area contributed by atoms with E-state index >= 15 is 0 Å². The molecule has 0 saturated heterocycles. The Morgan fingerprint density at radius 3 is 2.54 bits per heavy atom. The minimum Gasteiger partial charge on any atom is -0.355 e. The van der Waals surface area contributed by atoms with Crippen LogP contribution in [0.2, 0.25) is 0 Å². The van der Waals surface area contributed by atoms with Crippen molar-refractivity contribution >= 4 is 41.2 Å². The number of hydrazine groups is 1. The maximum Gasteiger partial charge on any atom is 0.256 e. The summed E-state index contributed by atoms with van der Waals surface area (Å²) in [6.45, 7) is 7.89. The minimum absolute atomic E-state index is 0. The normalized spacial score (nSPS) is 12.5. The average Bonchev–Trinajstić information content (AvgIpc) is 3.51. The summed E-state index contributed by atoms with van der Waals surface area (Å²) in [6, 6.07) is 10.8. The number of nitrogens with one attached hydrogen (secondary N) is 1. The first-order valence-electron chi connectivity index (χ1n) is 13.1. The van der Waals surface area contributed by atoms with Crippen molar-refractivity contribution in [1.82, 2.24) is 20.3 Å². The van der Waals surface area contributed by atoms with E-state index in [1.54, 1.807) is 29.5 Å². The van der Waals surface area contributed by atoms with Crippen LogP contribution in [-0.2, 0) is 22.7 Å². The molecule has 0 radical (unpaired) electrons. The molecule has 0 bridgehead atoms. The van der Waals surface area contributed by atoms with E-state index in [1.807, 2.05) is 42.1 Å². The molecule has 0 spiro atoms. The third-order valence-corrected chi connectivity index (χ3v) is 7.79. The highest BCUT2D eigenvalue weighted by Crippen LogP contribution is 2.30. The van der Waals surface area contributed by atoms with E-state index in [1.165, 1.54) is 12.1 Å². The predicted octanol–water partition coefficient (Wildman–Crippen LogP) is 5.49. The minimum atomic E-state index is -0.275. The van der Waals surface area contributed by atoms with Crippen molar-refractivity contribution in [3.63, 3.8) is 0 Å². The van der Waals surface area contributed by atoms with Gasteiger partial charge in [0, 0.05) is 49.0 Å². The first-order chi connectivity index (χ1) is 18.2. The van der Waals surface area contributed by atoms with Crippen LogP contribution >= 0.6 is 23.7 Å². The fraction of sp³-hybridized carbons (Fsp3) is 0.414. The molecule has 0 atom stereocenters. The van der Waals surface area contributed by atoms with Crippen LogP contribution in [0.4, 0.5) is 10.1 Å². The monoisotopic (exact) mass is 573 g/mol. The molecule has 0 fully saturated rings. The molecule has 39 heavy (non-hydrogen) atoms. The Bertz CT molecular complexity index is 1300. The molecule has 1 aliphatic rings. The van der Waals surface area contributed by atoms with Gasteiger partial charge in [-0.3, -0.25) is 14.6 Å². The Balaban J connectivity index is 0.00000420. The largest absolute Gasteiger partial charge is 0.355 e. The Hall–Kier alpha value is -3.01. The molecule has 0 saturated carbocycles. The van der Waals surface area contributed by atoms with Crippen molar-refractivity contribution in [3.8, 4) is 10.6 Å². The summed E-state index contributed by atoms with van der Waals surface area (Å²) in [5, 5.41) is 7.42. The molecule has 2 heterocycles. The van der Waals surface area contributed by atoms with E-state index < -0.39 is 0 Å². The van der Waals surface area contributed by atoms with Crippen LogP contribution in [0.15, 0.2) is 42.6 Å². The van der Waals surface area contributed by atoms with Gasteiger partial charge in [-0.15, -0.1) is 23.7 Å². The van der Waals surface area contributed by atoms with Gasteiger partial charge in [0.25, 0.3) is 5.91 Å². The second-order valence-electron chi connectivity index (χ2n) is 9.84. The number of thiazole rings is 1. The van der Waals surface area contributed by atoms with Crippen LogP contribution in [0.1, 0.15) is 47.8 Å². The van der Waals surface area contributed by atoms with E-state index in [-0.39, 0.29) is 43.1 Å². The standard InChI is InChI=1S/C29H36FN5O2S.ClH/c1-5-6-7-12-31-27(36)18-34(26-11-9-22(13-20(26)2)29-32-15-21(3)38-29)19-28(37)33(4)35-16-23-8-10-25(30)14-24(23)17-35;/h8-11,13-15H,5-7,12,16-19H2,1-4H3,(H,31,36);1H. The van der Waals surface area contributed by atoms with Crippen LogP contribution in [0.5, 0.6) is 0 Å². The number of likely N-dealkylation sites (N-methyl/N-ethyl adjacent to an activating group) is 1. The number of benzene rings is 2. The van der Waals surface area contributed by atoms with Gasteiger partial charge in [0.2, 0.25) is 5.91 Å². The third-order valence-electron chi connectivity index (χ3n) is 6.83. The first kappa shape index (κ1) is 30.5. The lowest BCUT2D eigenvalue weighted by atomic mass is 10.1. The fourth-order valence-corrected chi connectivity index (χ4v) is 5.43. The summed E-state index contributed by atoms with van der Waals surface area (Å²) in [5.74, 6) is -0.529. The molecular formula is C29H37ClFN5O2S. The number of carbonyl (C=O) groups excluding carboxylic acids is 2. The van der Waals surface area contributed by atoms with E-state index in [4.69, 9.17) is 0 Å². The molecule has 0 unspecified atom stereocenters. The highest BCUT2D eigenvalue weighted by atomic mass is 35.5. The van der Waals surface area contributed by atoms with Gasteiger partial charge in [0.15, 0.2) is 0 Å². The van der Waals surface area contributed by atoms with E-state index in [0.717, 1.165) is 57.1 Å². The Morgan fingerprint density at radius 1 is 1.08 bits per heavy atom. The zero-order valence-electron chi connectivity index (χ0n) is 23.0. The molecule has 1 aromatic heterocycles. The summed E-state index contributed by atoms with van der Waals surface area (Å²) in [6.07, 6.45) is 4.94. The van der Waals surface area contributed by atoms with Gasteiger partial charge < -0.3 is 10.2 Å². The summed E-state index contributed by atoms with van der Waals surface area (Å²) < 4.78 is 13.7. The van der Waals surface area contributed by atoms with Crippen molar-refractivity contribution in [2.45, 2.75) is 53.1 Å². The topological polar surface area (TPSA) is 68.8 Å². The number of aryl methyl sites for hydroxylation is 2. The number of unbranched alkanes of at least 4 members (excludes halogenated alkanes) is 2. The van der Waals surface area contributed by atoms with Crippen molar-refractivity contribution in [2.24, 2.45) is 0 Å². The second kappa shape index (κ2) is 13.9. The molecule has 2 amide bonds. The molecule has 2 aromatic carbocycles. The molecule has 10 heteroatoms. The molecule has 7 nitrogen and oxygen atoms in total. The molecule has 4 rings (SSSR count). The van der Waals surface area contributed by atoms with Crippen molar-refractivity contribution < 1.29 is 14.0 Å². The number of fused-ring (bicyclic) bond motifs is 1. The molecule has 1 N–H and O–H groups in total. The van der Waals surface area contributed by atoms with Crippen LogP contribution in [0, 0.1) is 19.7 Å². The first-order valence-corrected chi connectivity index (χ1v) is 13.9. The molecule has 210 valence electrons. The van der Waals surface area contributed by atoms with Crippen LogP contribution in [-0.4, -0.2) is 53.5 Å². The zero-order valence-corrected chi connectivity index (χ0v) is 24.6.